The molecular weight excluding hydrogens is 460 g/mol. The average Bonchev–Trinajstić information content (AvgIpc) is 2.85. The lowest BCUT2D eigenvalue weighted by Crippen LogP contribution is -2.34. The van der Waals surface area contributed by atoms with Crippen molar-refractivity contribution in [1.29, 1.82) is 0 Å². The van der Waals surface area contributed by atoms with Crippen molar-refractivity contribution in [3.8, 4) is 16.9 Å². The van der Waals surface area contributed by atoms with Crippen molar-refractivity contribution in [2.45, 2.75) is 26.7 Å². The number of hydrogen-bond acceptors (Lipinski definition) is 5. The Bertz CT molecular complexity index is 1430. The lowest BCUT2D eigenvalue weighted by molar-refractivity contribution is 0.0977. The van der Waals surface area contributed by atoms with Crippen molar-refractivity contribution in [1.82, 2.24) is 5.32 Å². The summed E-state index contributed by atoms with van der Waals surface area (Å²) in [5, 5.41) is 6.76. The van der Waals surface area contributed by atoms with Gasteiger partial charge < -0.3 is 14.5 Å². The molecule has 0 bridgehead atoms. The number of nitrogens with one attached hydrogen (secondary N) is 2. The third kappa shape index (κ3) is 5.94. The number of benzene rings is 3. The van der Waals surface area contributed by atoms with Crippen LogP contribution in [0.4, 0.5) is 5.69 Å². The molecule has 1 heterocycles. The Kier molecular flexibility index (Phi) is 7.57. The number of ether oxygens (including phenoxy) is 1. The molecule has 0 fully saturated rings. The highest BCUT2D eigenvalue weighted by Gasteiger charge is 2.12. The zero-order valence-electron chi connectivity index (χ0n) is 19.6. The second kappa shape index (κ2) is 11.0. The number of fused-ring (bicyclic) bond motifs is 1. The van der Waals surface area contributed by atoms with Crippen LogP contribution < -0.4 is 21.0 Å². The molecule has 0 aliphatic carbocycles. The predicted octanol–water partition coefficient (Wildman–Crippen LogP) is 6.07. The minimum Gasteiger partial charge on any atom is -0.494 e. The molecule has 4 aromatic rings. The Hall–Kier alpha value is -3.97. The molecule has 6 nitrogen and oxygen atoms in total. The second-order valence-corrected chi connectivity index (χ2v) is 8.56. The molecule has 4 rings (SSSR count). The Morgan fingerprint density at radius 1 is 1.03 bits per heavy atom. The summed E-state index contributed by atoms with van der Waals surface area (Å²) in [7, 11) is 0. The maximum absolute atomic E-state index is 12.6. The van der Waals surface area contributed by atoms with Crippen LogP contribution in [0.1, 0.15) is 35.7 Å². The maximum Gasteiger partial charge on any atom is 0.344 e. The van der Waals surface area contributed by atoms with Crippen LogP contribution in [0.5, 0.6) is 5.75 Å². The summed E-state index contributed by atoms with van der Waals surface area (Å²) in [5.74, 6) is 0.396. The molecule has 3 aromatic carbocycles. The van der Waals surface area contributed by atoms with Gasteiger partial charge in [0, 0.05) is 16.6 Å². The topological polar surface area (TPSA) is 80.6 Å². The number of unbranched alkanes of at least 4 members (excludes halogenated alkanes) is 1. The largest absolute Gasteiger partial charge is 0.494 e. The van der Waals surface area contributed by atoms with Crippen LogP contribution >= 0.6 is 12.2 Å². The molecule has 0 spiro atoms. The summed E-state index contributed by atoms with van der Waals surface area (Å²) >= 11 is 5.37. The average molecular weight is 487 g/mol. The van der Waals surface area contributed by atoms with Gasteiger partial charge in [-0.3, -0.25) is 10.1 Å². The quantitative estimate of drug-likeness (QED) is 0.187. The molecule has 1 amide bonds. The molecule has 0 unspecified atom stereocenters. The van der Waals surface area contributed by atoms with E-state index in [2.05, 4.69) is 17.6 Å². The van der Waals surface area contributed by atoms with Crippen LogP contribution in [0.2, 0.25) is 0 Å². The number of aryl methyl sites for hydroxylation is 1. The first kappa shape index (κ1) is 24.2. The minimum atomic E-state index is -0.420. The summed E-state index contributed by atoms with van der Waals surface area (Å²) < 4.78 is 11.1. The van der Waals surface area contributed by atoms with Gasteiger partial charge >= 0.3 is 5.63 Å². The minimum absolute atomic E-state index is 0.157. The molecule has 35 heavy (non-hydrogen) atoms. The van der Waals surface area contributed by atoms with Gasteiger partial charge in [0.2, 0.25) is 0 Å². The summed E-state index contributed by atoms with van der Waals surface area (Å²) in [6, 6.07) is 21.7. The summed E-state index contributed by atoms with van der Waals surface area (Å²) in [4.78, 5) is 25.2. The fourth-order valence-corrected chi connectivity index (χ4v) is 3.76. The van der Waals surface area contributed by atoms with Crippen molar-refractivity contribution >= 4 is 39.9 Å². The highest BCUT2D eigenvalue weighted by molar-refractivity contribution is 7.80. The van der Waals surface area contributed by atoms with Crippen LogP contribution in [0, 0.1) is 6.92 Å². The first-order valence-electron chi connectivity index (χ1n) is 11.4. The molecular formula is C28H26N2O4S. The van der Waals surface area contributed by atoms with E-state index < -0.39 is 5.63 Å². The number of para-hydroxylation sites is 1. The second-order valence-electron chi connectivity index (χ2n) is 8.15. The van der Waals surface area contributed by atoms with Gasteiger partial charge in [-0.15, -0.1) is 0 Å². The molecule has 0 atom stereocenters. The highest BCUT2D eigenvalue weighted by atomic mass is 32.1. The smallest absolute Gasteiger partial charge is 0.344 e. The van der Waals surface area contributed by atoms with E-state index >= 15 is 0 Å². The fraction of sp³-hybridized carbons (Fsp3) is 0.179. The molecule has 0 saturated carbocycles. The van der Waals surface area contributed by atoms with Crippen LogP contribution in [-0.4, -0.2) is 17.6 Å². The Labute approximate surface area is 208 Å². The summed E-state index contributed by atoms with van der Waals surface area (Å²) in [6.07, 6.45) is 2.04. The van der Waals surface area contributed by atoms with E-state index in [-0.39, 0.29) is 11.0 Å². The zero-order chi connectivity index (χ0) is 24.8. The predicted molar refractivity (Wildman–Crippen MR) is 143 cm³/mol. The molecule has 2 N–H and O–H groups in total. The molecule has 0 aliphatic rings. The third-order valence-electron chi connectivity index (χ3n) is 5.55. The van der Waals surface area contributed by atoms with Crippen LogP contribution in [0.15, 0.2) is 82.0 Å². The van der Waals surface area contributed by atoms with Gasteiger partial charge in [0.25, 0.3) is 5.91 Å². The third-order valence-corrected chi connectivity index (χ3v) is 5.75. The van der Waals surface area contributed by atoms with E-state index in [1.54, 1.807) is 30.3 Å². The number of anilines is 1. The molecule has 7 heteroatoms. The Morgan fingerprint density at radius 2 is 1.80 bits per heavy atom. The number of carbonyl (C=O) groups is 1. The van der Waals surface area contributed by atoms with Gasteiger partial charge in [0.15, 0.2) is 5.11 Å². The molecule has 0 radical (unpaired) electrons. The van der Waals surface area contributed by atoms with Gasteiger partial charge in [-0.05, 0) is 79.2 Å². The van der Waals surface area contributed by atoms with Crippen LogP contribution in [-0.2, 0) is 0 Å². The van der Waals surface area contributed by atoms with Crippen LogP contribution in [0.3, 0.4) is 0 Å². The maximum atomic E-state index is 12.6. The van der Waals surface area contributed by atoms with E-state index in [1.807, 2.05) is 49.4 Å². The van der Waals surface area contributed by atoms with Gasteiger partial charge in [-0.2, -0.15) is 0 Å². The SMILES string of the molecule is CCCCOc1ccc(C(=O)NC(=S)Nc2cc(-c3cc4ccccc4oc3=O)ccc2C)cc1. The van der Waals surface area contributed by atoms with Gasteiger partial charge in [-0.25, -0.2) is 4.79 Å². The van der Waals surface area contributed by atoms with E-state index in [1.165, 1.54) is 0 Å². The lowest BCUT2D eigenvalue weighted by Gasteiger charge is -2.13. The standard InChI is InChI=1S/C28H26N2O4S/c1-3-4-15-33-22-13-11-19(12-14-22)26(31)30-28(35)29-24-17-20(10-9-18(24)2)23-16-21-7-5-6-8-25(21)34-27(23)32/h5-14,16-17H,3-4,15H2,1-2H3,(H2,29,30,31,35). The zero-order valence-corrected chi connectivity index (χ0v) is 20.4. The first-order chi connectivity index (χ1) is 16.9. The number of rotatable bonds is 7. The van der Waals surface area contributed by atoms with E-state index in [4.69, 9.17) is 21.4 Å². The van der Waals surface area contributed by atoms with Gasteiger partial charge in [-0.1, -0.05) is 43.7 Å². The summed E-state index contributed by atoms with van der Waals surface area (Å²) in [6.45, 7) is 4.66. The normalized spacial score (nSPS) is 10.7. The number of thiocarbonyl (C=S) groups is 1. The van der Waals surface area contributed by atoms with E-state index in [0.29, 0.717) is 34.6 Å². The van der Waals surface area contributed by atoms with Crippen molar-refractivity contribution in [3.63, 3.8) is 0 Å². The number of carbonyl (C=O) groups excluding carboxylic acids is 1. The Balaban J connectivity index is 1.46. The van der Waals surface area contributed by atoms with Gasteiger partial charge in [0.05, 0.1) is 12.2 Å². The van der Waals surface area contributed by atoms with Crippen molar-refractivity contribution < 1.29 is 13.9 Å². The first-order valence-corrected chi connectivity index (χ1v) is 11.8. The van der Waals surface area contributed by atoms with Gasteiger partial charge in [0.1, 0.15) is 11.3 Å². The Morgan fingerprint density at radius 3 is 2.57 bits per heavy atom. The molecule has 0 aliphatic heterocycles. The monoisotopic (exact) mass is 486 g/mol. The molecule has 178 valence electrons. The summed E-state index contributed by atoms with van der Waals surface area (Å²) in [5.41, 5.74) is 3.31. The van der Waals surface area contributed by atoms with Crippen LogP contribution in [0.25, 0.3) is 22.1 Å². The van der Waals surface area contributed by atoms with Crippen molar-refractivity contribution in [2.75, 3.05) is 11.9 Å². The molecule has 1 aromatic heterocycles. The van der Waals surface area contributed by atoms with E-state index in [0.717, 1.165) is 29.5 Å². The highest BCUT2D eigenvalue weighted by Crippen LogP contribution is 2.26. The molecule has 0 saturated heterocycles. The number of hydrogen-bond donors (Lipinski definition) is 2. The van der Waals surface area contributed by atoms with Crippen molar-refractivity contribution in [2.24, 2.45) is 0 Å². The lowest BCUT2D eigenvalue weighted by atomic mass is 10.0. The van der Waals surface area contributed by atoms with E-state index in [9.17, 15) is 9.59 Å². The number of amides is 1. The fourth-order valence-electron chi connectivity index (χ4n) is 3.55. The van der Waals surface area contributed by atoms with Crippen molar-refractivity contribution in [3.05, 3.63) is 94.3 Å².